The van der Waals surface area contributed by atoms with Crippen molar-refractivity contribution in [3.8, 4) is 0 Å². The molecular weight excluding hydrogens is 304 g/mol. The summed E-state index contributed by atoms with van der Waals surface area (Å²) < 4.78 is 0. The van der Waals surface area contributed by atoms with Crippen molar-refractivity contribution in [3.05, 3.63) is 0 Å². The number of hydrogen-bond donors (Lipinski definition) is 2. The number of Topliss-reactive ketones (excluding diaryl/α,β-unsaturated/α-hetero) is 2. The molecule has 24 heavy (non-hydrogen) atoms. The fourth-order valence-electron chi connectivity index (χ4n) is 7.07. The second kappa shape index (κ2) is 5.38. The Morgan fingerprint density at radius 2 is 1.75 bits per heavy atom. The van der Waals surface area contributed by atoms with Gasteiger partial charge in [0.1, 0.15) is 11.9 Å². The molecule has 4 aliphatic carbocycles. The average Bonchev–Trinajstić information content (AvgIpc) is 2.52. The Kier molecular flexibility index (Phi) is 3.74. The highest BCUT2D eigenvalue weighted by molar-refractivity contribution is 5.96. The van der Waals surface area contributed by atoms with E-state index in [1.807, 2.05) is 6.92 Å². The molecule has 8 atom stereocenters. The van der Waals surface area contributed by atoms with Gasteiger partial charge in [0.15, 0.2) is 5.78 Å². The van der Waals surface area contributed by atoms with Crippen LogP contribution in [0.3, 0.4) is 0 Å². The molecule has 0 heterocycles. The first-order valence-corrected chi connectivity index (χ1v) is 9.70. The van der Waals surface area contributed by atoms with Crippen LogP contribution >= 0.6 is 0 Å². The van der Waals surface area contributed by atoms with Gasteiger partial charge in [-0.25, -0.2) is 0 Å². The van der Waals surface area contributed by atoms with E-state index >= 15 is 0 Å². The van der Waals surface area contributed by atoms with Gasteiger partial charge in [-0.1, -0.05) is 13.8 Å². The lowest BCUT2D eigenvalue weighted by Gasteiger charge is -2.61. The second-order valence-electron chi connectivity index (χ2n) is 9.47. The van der Waals surface area contributed by atoms with Gasteiger partial charge >= 0.3 is 0 Å². The zero-order valence-corrected chi connectivity index (χ0v) is 14.8. The summed E-state index contributed by atoms with van der Waals surface area (Å²) in [5.41, 5.74) is -0.674. The van der Waals surface area contributed by atoms with Crippen molar-refractivity contribution < 1.29 is 19.8 Å². The molecule has 0 unspecified atom stereocenters. The summed E-state index contributed by atoms with van der Waals surface area (Å²) in [5, 5.41) is 20.1. The monoisotopic (exact) mass is 334 g/mol. The van der Waals surface area contributed by atoms with Crippen molar-refractivity contribution in [1.29, 1.82) is 0 Å². The minimum absolute atomic E-state index is 0.0142. The summed E-state index contributed by atoms with van der Waals surface area (Å²) in [7, 11) is 0. The maximum absolute atomic E-state index is 13.2. The van der Waals surface area contributed by atoms with Crippen molar-refractivity contribution in [2.45, 2.75) is 77.4 Å². The number of aliphatic hydroxyl groups excluding tert-OH is 2. The predicted molar refractivity (Wildman–Crippen MR) is 89.1 cm³/mol. The summed E-state index contributed by atoms with van der Waals surface area (Å²) in [4.78, 5) is 25.9. The fraction of sp³-hybridized carbons (Fsp3) is 0.900. The fourth-order valence-corrected chi connectivity index (χ4v) is 7.07. The van der Waals surface area contributed by atoms with Gasteiger partial charge in [0.25, 0.3) is 0 Å². The molecule has 0 aromatic carbocycles. The summed E-state index contributed by atoms with van der Waals surface area (Å²) >= 11 is 0. The summed E-state index contributed by atoms with van der Waals surface area (Å²) in [6.07, 6.45) is 5.22. The number of carbonyl (C=O) groups excluding carboxylic acids is 2. The maximum Gasteiger partial charge on any atom is 0.167 e. The molecule has 0 bridgehead atoms. The first-order chi connectivity index (χ1) is 11.3. The number of rotatable bonds is 0. The van der Waals surface area contributed by atoms with Gasteiger partial charge in [-0.3, -0.25) is 9.59 Å². The van der Waals surface area contributed by atoms with E-state index < -0.39 is 11.5 Å². The molecule has 0 amide bonds. The number of aliphatic hydroxyl groups is 2. The van der Waals surface area contributed by atoms with Gasteiger partial charge in [0.05, 0.1) is 6.10 Å². The molecule has 0 spiro atoms. The van der Waals surface area contributed by atoms with Gasteiger partial charge in [-0.05, 0) is 68.1 Å². The quantitative estimate of drug-likeness (QED) is 0.714. The van der Waals surface area contributed by atoms with Gasteiger partial charge in [0, 0.05) is 17.8 Å². The lowest BCUT2D eigenvalue weighted by molar-refractivity contribution is -0.176. The van der Waals surface area contributed by atoms with Crippen LogP contribution in [0.25, 0.3) is 0 Å². The van der Waals surface area contributed by atoms with Crippen LogP contribution in [0, 0.1) is 34.5 Å². The van der Waals surface area contributed by atoms with Crippen LogP contribution in [0.5, 0.6) is 0 Å². The van der Waals surface area contributed by atoms with Crippen molar-refractivity contribution in [2.75, 3.05) is 0 Å². The molecule has 134 valence electrons. The number of carbonyl (C=O) groups is 2. The third-order valence-electron chi connectivity index (χ3n) is 8.33. The summed E-state index contributed by atoms with van der Waals surface area (Å²) in [6.45, 7) is 4.19. The minimum Gasteiger partial charge on any atom is -0.393 e. The largest absolute Gasteiger partial charge is 0.393 e. The van der Waals surface area contributed by atoms with Gasteiger partial charge in [-0.2, -0.15) is 0 Å². The van der Waals surface area contributed by atoms with Crippen molar-refractivity contribution in [1.82, 2.24) is 0 Å². The zero-order chi connectivity index (χ0) is 17.3. The normalized spacial score (nSPS) is 54.7. The lowest BCUT2D eigenvalue weighted by atomic mass is 9.42. The Hall–Kier alpha value is -0.740. The van der Waals surface area contributed by atoms with Crippen LogP contribution in [-0.4, -0.2) is 34.0 Å². The van der Waals surface area contributed by atoms with Crippen LogP contribution in [0.4, 0.5) is 0 Å². The van der Waals surface area contributed by atoms with E-state index in [2.05, 4.69) is 6.92 Å². The van der Waals surface area contributed by atoms with Gasteiger partial charge < -0.3 is 10.2 Å². The molecule has 4 saturated carbocycles. The molecule has 4 heteroatoms. The van der Waals surface area contributed by atoms with E-state index in [1.165, 1.54) is 0 Å². The van der Waals surface area contributed by atoms with Gasteiger partial charge in [-0.15, -0.1) is 0 Å². The zero-order valence-electron chi connectivity index (χ0n) is 14.8. The highest BCUT2D eigenvalue weighted by Crippen LogP contribution is 2.63. The molecule has 0 aromatic heterocycles. The van der Waals surface area contributed by atoms with E-state index in [0.717, 1.165) is 38.5 Å². The standard InChI is InChI=1S/C20H30O4/c1-19-8-7-12(21)9-11(19)3-4-13-14-5-6-15(22)18(24)20(14,2)10-16(23)17(13)19/h11-15,17,21-22H,3-10H2,1-2H3/t11-,12-,13+,14-,15+,17-,19-,20-/m1/s1. The molecule has 2 N–H and O–H groups in total. The van der Waals surface area contributed by atoms with Crippen LogP contribution in [0.2, 0.25) is 0 Å². The Balaban J connectivity index is 1.70. The molecular formula is C20H30O4. The molecule has 0 saturated heterocycles. The highest BCUT2D eigenvalue weighted by atomic mass is 16.3. The van der Waals surface area contributed by atoms with E-state index in [-0.39, 0.29) is 40.8 Å². The molecule has 0 aromatic rings. The average molecular weight is 334 g/mol. The predicted octanol–water partition coefficient (Wildman–Crippen LogP) is 2.50. The summed E-state index contributed by atoms with van der Waals surface area (Å²) in [5.74, 6) is 1.14. The topological polar surface area (TPSA) is 74.6 Å². The van der Waals surface area contributed by atoms with E-state index in [9.17, 15) is 19.8 Å². The molecule has 0 aliphatic heterocycles. The maximum atomic E-state index is 13.2. The number of hydrogen-bond acceptors (Lipinski definition) is 4. The Bertz CT molecular complexity index is 572. The molecule has 4 aliphatic rings. The first kappa shape index (κ1) is 16.7. The third kappa shape index (κ3) is 2.11. The van der Waals surface area contributed by atoms with Crippen molar-refractivity contribution >= 4 is 11.6 Å². The number of fused-ring (bicyclic) bond motifs is 5. The van der Waals surface area contributed by atoms with E-state index in [1.54, 1.807) is 0 Å². The van der Waals surface area contributed by atoms with Crippen LogP contribution in [0.1, 0.15) is 65.2 Å². The first-order valence-electron chi connectivity index (χ1n) is 9.70. The minimum atomic E-state index is -0.882. The highest BCUT2D eigenvalue weighted by Gasteiger charge is 2.63. The van der Waals surface area contributed by atoms with Crippen molar-refractivity contribution in [2.24, 2.45) is 34.5 Å². The molecule has 4 rings (SSSR count). The Morgan fingerprint density at radius 1 is 1.00 bits per heavy atom. The molecule has 4 nitrogen and oxygen atoms in total. The van der Waals surface area contributed by atoms with Crippen LogP contribution < -0.4 is 0 Å². The Labute approximate surface area is 144 Å². The summed E-state index contributed by atoms with van der Waals surface area (Å²) in [6, 6.07) is 0. The second-order valence-corrected chi connectivity index (χ2v) is 9.47. The SMILES string of the molecule is C[C@@]12CC[C@@H](O)C[C@H]1CC[C@H]1[C@H]3CC[C@H](O)C(=O)[C@]3(C)CC(=O)[C@@H]12. The van der Waals surface area contributed by atoms with Crippen molar-refractivity contribution in [3.63, 3.8) is 0 Å². The van der Waals surface area contributed by atoms with E-state index in [4.69, 9.17) is 0 Å². The molecule has 4 fully saturated rings. The third-order valence-corrected chi connectivity index (χ3v) is 8.33. The van der Waals surface area contributed by atoms with Crippen LogP contribution in [0.15, 0.2) is 0 Å². The van der Waals surface area contributed by atoms with E-state index in [0.29, 0.717) is 18.8 Å². The lowest BCUT2D eigenvalue weighted by Crippen LogP contribution is -2.61. The van der Waals surface area contributed by atoms with Gasteiger partial charge in [0.2, 0.25) is 0 Å². The Morgan fingerprint density at radius 3 is 2.50 bits per heavy atom. The van der Waals surface area contributed by atoms with Crippen LogP contribution in [-0.2, 0) is 9.59 Å². The number of ketones is 2. The molecule has 0 radical (unpaired) electrons. The smallest absolute Gasteiger partial charge is 0.167 e.